The predicted molar refractivity (Wildman–Crippen MR) is 260 cm³/mol. The lowest BCUT2D eigenvalue weighted by atomic mass is 9.90. The topological polar surface area (TPSA) is 273 Å². The first-order chi connectivity index (χ1) is 35.0. The number of anilines is 2. The Hall–Kier alpha value is -6.92. The summed E-state index contributed by atoms with van der Waals surface area (Å²) in [4.78, 5) is 91.7. The summed E-state index contributed by atoms with van der Waals surface area (Å²) >= 11 is 0. The van der Waals surface area contributed by atoms with Crippen LogP contribution >= 0.6 is 0 Å². The Morgan fingerprint density at radius 3 is 2.03 bits per heavy atom. The third kappa shape index (κ3) is 16.6. The van der Waals surface area contributed by atoms with E-state index in [2.05, 4.69) is 46.5 Å². The number of aldehydes is 1. The van der Waals surface area contributed by atoms with E-state index in [9.17, 15) is 38.8 Å². The molecule has 21 nitrogen and oxygen atoms in total. The number of aromatic nitrogens is 8. The number of nitrogens with zero attached hydrogens (tertiary/aromatic N) is 10. The van der Waals surface area contributed by atoms with E-state index in [1.54, 1.807) is 23.1 Å². The summed E-state index contributed by atoms with van der Waals surface area (Å²) in [6, 6.07) is 8.42. The van der Waals surface area contributed by atoms with Crippen molar-refractivity contribution in [3.63, 3.8) is 0 Å². The number of benzene rings is 1. The van der Waals surface area contributed by atoms with Crippen molar-refractivity contribution in [2.24, 2.45) is 0 Å². The summed E-state index contributed by atoms with van der Waals surface area (Å²) in [6.07, 6.45) is 24.3. The molecule has 6 rings (SSSR count). The van der Waals surface area contributed by atoms with Crippen molar-refractivity contribution in [2.45, 2.75) is 154 Å². The standard InChI is InChI=1S/C51H65N11O10/c1-36(32-61-35-55-58-59-61)72-45-28-37(17-18-38(45)29-52)39-30-53-51(54-31-39)56-42-33-62(41-21-19-40(20-22-41)60-23-26-70-27-24-60)57-50(42)71-25-15-13-11-9-7-5-3-2-4-6-8-10-12-14-16-43(64)46(66)48(68)49(69)47(67)44(65)34-63/h17-18,28,30-31,33-36,40-41H,2-16,19-27,32H2,1H3,(H,53,54,56). The molecule has 0 bridgehead atoms. The number of morpholine rings is 1. The van der Waals surface area contributed by atoms with Gasteiger partial charge in [0.15, 0.2) is 6.29 Å². The van der Waals surface area contributed by atoms with Gasteiger partial charge in [0.1, 0.15) is 29.9 Å². The van der Waals surface area contributed by atoms with Crippen LogP contribution in [-0.2, 0) is 44.8 Å². The Balaban J connectivity index is 0.891. The van der Waals surface area contributed by atoms with Gasteiger partial charge in [-0.3, -0.25) is 43.1 Å². The van der Waals surface area contributed by atoms with Gasteiger partial charge >= 0.3 is 0 Å². The molecule has 1 aromatic carbocycles. The number of unbranched alkanes of at least 4 members (excludes halogenated alkanes) is 13. The second-order valence-corrected chi connectivity index (χ2v) is 18.4. The Labute approximate surface area is 418 Å². The van der Waals surface area contributed by atoms with E-state index in [0.717, 1.165) is 121 Å². The lowest BCUT2D eigenvalue weighted by Crippen LogP contribution is -2.45. The number of ether oxygens (including phenoxy) is 3. The number of carbonyl (C=O) groups is 7. The number of carbonyl (C=O) groups excluding carboxylic acids is 7. The smallest absolute Gasteiger partial charge is 0.281 e. The lowest BCUT2D eigenvalue weighted by Gasteiger charge is -2.38. The van der Waals surface area contributed by atoms with Crippen molar-refractivity contribution in [3.05, 3.63) is 48.7 Å². The molecule has 1 atom stereocenters. The van der Waals surface area contributed by atoms with Gasteiger partial charge in [-0.05, 0) is 73.6 Å². The molecule has 1 saturated carbocycles. The third-order valence-electron chi connectivity index (χ3n) is 13.0. The highest BCUT2D eigenvalue weighted by Gasteiger charge is 2.36. The highest BCUT2D eigenvalue weighted by molar-refractivity contribution is 6.94. The molecule has 1 aliphatic heterocycles. The Kier molecular flexibility index (Phi) is 21.8. The minimum atomic E-state index is -1.96. The van der Waals surface area contributed by atoms with Gasteiger partial charge in [-0.1, -0.05) is 83.1 Å². The lowest BCUT2D eigenvalue weighted by molar-refractivity contribution is -0.153. The molecule has 0 amide bonds. The Bertz CT molecular complexity index is 2470. The van der Waals surface area contributed by atoms with Crippen molar-refractivity contribution >= 4 is 52.6 Å². The third-order valence-corrected chi connectivity index (χ3v) is 13.0. The van der Waals surface area contributed by atoms with Gasteiger partial charge in [0, 0.05) is 43.5 Å². The zero-order valence-corrected chi connectivity index (χ0v) is 41.1. The highest BCUT2D eigenvalue weighted by atomic mass is 16.5. The summed E-state index contributed by atoms with van der Waals surface area (Å²) in [6.45, 7) is 6.41. The van der Waals surface area contributed by atoms with Crippen LogP contribution in [0.4, 0.5) is 11.6 Å². The zero-order valence-electron chi connectivity index (χ0n) is 41.1. The average Bonchev–Trinajstić information content (AvgIpc) is 4.08. The fourth-order valence-electron chi connectivity index (χ4n) is 9.01. The number of rotatable bonds is 33. The van der Waals surface area contributed by atoms with E-state index >= 15 is 0 Å². The maximum absolute atomic E-state index is 12.0. The first-order valence-electron chi connectivity index (χ1n) is 25.3. The van der Waals surface area contributed by atoms with E-state index in [1.807, 2.05) is 25.3 Å². The van der Waals surface area contributed by atoms with Crippen molar-refractivity contribution in [1.29, 1.82) is 5.26 Å². The minimum Gasteiger partial charge on any atom is -0.487 e. The fraction of sp³-hybridized carbons (Fsp3) is 0.569. The average molecular weight is 992 g/mol. The van der Waals surface area contributed by atoms with Gasteiger partial charge in [-0.25, -0.2) is 14.6 Å². The van der Waals surface area contributed by atoms with Crippen LogP contribution in [0.3, 0.4) is 0 Å². The van der Waals surface area contributed by atoms with Gasteiger partial charge in [-0.2, -0.15) is 5.26 Å². The molecule has 3 aromatic heterocycles. The molecular formula is C51H65N11O10. The van der Waals surface area contributed by atoms with Crippen LogP contribution in [0.5, 0.6) is 11.6 Å². The van der Waals surface area contributed by atoms with Crippen LogP contribution < -0.4 is 14.8 Å². The Morgan fingerprint density at radius 2 is 1.42 bits per heavy atom. The second-order valence-electron chi connectivity index (χ2n) is 18.4. The number of tetrazole rings is 1. The highest BCUT2D eigenvalue weighted by Crippen LogP contribution is 2.35. The monoisotopic (exact) mass is 991 g/mol. The second kappa shape index (κ2) is 28.8. The molecule has 1 saturated heterocycles. The van der Waals surface area contributed by atoms with Gasteiger partial charge in [-0.15, -0.1) is 10.2 Å². The van der Waals surface area contributed by atoms with E-state index in [0.29, 0.717) is 60.9 Å². The van der Waals surface area contributed by atoms with E-state index in [-0.39, 0.29) is 18.6 Å². The molecule has 384 valence electrons. The zero-order chi connectivity index (χ0) is 51.1. The van der Waals surface area contributed by atoms with Crippen LogP contribution in [-0.4, -0.2) is 131 Å². The van der Waals surface area contributed by atoms with Crippen LogP contribution in [0, 0.1) is 11.3 Å². The first-order valence-corrected chi connectivity index (χ1v) is 25.3. The number of nitriles is 1. The van der Waals surface area contributed by atoms with Crippen LogP contribution in [0.15, 0.2) is 43.1 Å². The maximum atomic E-state index is 12.0. The Morgan fingerprint density at radius 1 is 0.806 bits per heavy atom. The summed E-state index contributed by atoms with van der Waals surface area (Å²) < 4.78 is 21.7. The van der Waals surface area contributed by atoms with Crippen molar-refractivity contribution < 1.29 is 47.8 Å². The maximum Gasteiger partial charge on any atom is 0.281 e. The number of hydrogen-bond donors (Lipinski definition) is 1. The number of ketones is 6. The van der Waals surface area contributed by atoms with Crippen LogP contribution in [0.1, 0.15) is 141 Å². The number of nitrogens with one attached hydrogen (secondary N) is 1. The van der Waals surface area contributed by atoms with Crippen LogP contribution in [0.25, 0.3) is 11.1 Å². The first kappa shape index (κ1) is 54.4. The molecule has 1 N–H and O–H groups in total. The fourth-order valence-corrected chi connectivity index (χ4v) is 9.01. The largest absolute Gasteiger partial charge is 0.487 e. The summed E-state index contributed by atoms with van der Waals surface area (Å²) in [7, 11) is 0. The van der Waals surface area contributed by atoms with E-state index in [4.69, 9.17) is 19.3 Å². The van der Waals surface area contributed by atoms with Gasteiger partial charge < -0.3 is 19.5 Å². The van der Waals surface area contributed by atoms with Crippen LogP contribution in [0.2, 0.25) is 0 Å². The SMILES string of the molecule is CC(Cn1cnnn1)Oc1cc(-c2cnc(Nc3cn(C4CCC(N5CCOCC5)CC4)nc3OCCCCCCCCCCCCCCCCC(=O)C(=O)C(=O)C(=O)C(=O)C(=O)C=O)nc2)ccc1C#N. The van der Waals surface area contributed by atoms with Gasteiger partial charge in [0.05, 0.1) is 44.2 Å². The van der Waals surface area contributed by atoms with Gasteiger partial charge in [0.25, 0.3) is 34.8 Å². The molecule has 1 unspecified atom stereocenters. The molecule has 2 aliphatic rings. The molecule has 72 heavy (non-hydrogen) atoms. The van der Waals surface area contributed by atoms with Crippen molar-refractivity contribution in [3.8, 4) is 28.8 Å². The molecule has 4 heterocycles. The van der Waals surface area contributed by atoms with E-state index in [1.165, 1.54) is 25.6 Å². The molecule has 0 radical (unpaired) electrons. The van der Waals surface area contributed by atoms with Crippen molar-refractivity contribution in [1.82, 2.24) is 44.9 Å². The summed E-state index contributed by atoms with van der Waals surface area (Å²) in [5.41, 5.74) is 2.68. The molecule has 2 fully saturated rings. The number of hydrogen-bond acceptors (Lipinski definition) is 19. The molecule has 1 aliphatic carbocycles. The van der Waals surface area contributed by atoms with Crippen molar-refractivity contribution in [2.75, 3.05) is 38.2 Å². The minimum absolute atomic E-state index is 0.233. The molecule has 0 spiro atoms. The van der Waals surface area contributed by atoms with E-state index < -0.39 is 41.0 Å². The quantitative estimate of drug-likeness (QED) is 0.0245. The predicted octanol–water partition coefficient (Wildman–Crippen LogP) is 6.07. The summed E-state index contributed by atoms with van der Waals surface area (Å²) in [5.74, 6) is -8.85. The number of Topliss-reactive ketones (excluding diaryl/α,β-unsaturated/α-hetero) is 6. The molecule has 21 heteroatoms. The summed E-state index contributed by atoms with van der Waals surface area (Å²) in [5, 5.41) is 29.3. The normalized spacial score (nSPS) is 16.3. The molecule has 4 aromatic rings. The van der Waals surface area contributed by atoms with Gasteiger partial charge in [0.2, 0.25) is 11.7 Å². The molecular weight excluding hydrogens is 927 g/mol.